The number of anilines is 1. The Labute approximate surface area is 163 Å². The maximum Gasteiger partial charge on any atom is 0.132 e. The summed E-state index contributed by atoms with van der Waals surface area (Å²) in [5, 5.41) is 9.35. The standard InChI is InChI=1S/C20H23ClN6/c1-25-8-10-26(11-9-25)18-12-15(6-7-22-18)16-4-5-17-20(19(16)21)23-24-27(17)13-14-2-3-14/h4-7,12,14H,2-3,8-11,13H2,1H3. The quantitative estimate of drug-likeness (QED) is 0.692. The zero-order chi connectivity index (χ0) is 18.4. The number of piperazine rings is 1. The van der Waals surface area contributed by atoms with Crippen LogP contribution in [-0.2, 0) is 6.54 Å². The molecule has 0 spiro atoms. The second-order valence-corrected chi connectivity index (χ2v) is 8.08. The number of benzene rings is 1. The number of pyridine rings is 1. The molecule has 1 aliphatic carbocycles. The third kappa shape index (κ3) is 3.28. The molecule has 0 atom stereocenters. The Kier molecular flexibility index (Phi) is 4.25. The number of aromatic nitrogens is 4. The van der Waals surface area contributed by atoms with Gasteiger partial charge in [0.15, 0.2) is 0 Å². The van der Waals surface area contributed by atoms with Crippen molar-refractivity contribution in [3.8, 4) is 11.1 Å². The lowest BCUT2D eigenvalue weighted by Gasteiger charge is -2.33. The molecule has 1 aromatic carbocycles. The van der Waals surface area contributed by atoms with Crippen LogP contribution in [0.15, 0.2) is 30.5 Å². The molecule has 2 fully saturated rings. The second kappa shape index (κ2) is 6.77. The van der Waals surface area contributed by atoms with Gasteiger partial charge in [-0.1, -0.05) is 22.9 Å². The maximum absolute atomic E-state index is 6.74. The Morgan fingerprint density at radius 3 is 2.70 bits per heavy atom. The molecule has 7 heteroatoms. The fourth-order valence-corrected chi connectivity index (χ4v) is 4.01. The van der Waals surface area contributed by atoms with Gasteiger partial charge in [-0.25, -0.2) is 9.67 Å². The van der Waals surface area contributed by atoms with Gasteiger partial charge in [-0.05, 0) is 49.6 Å². The van der Waals surface area contributed by atoms with E-state index in [2.05, 4.69) is 50.3 Å². The lowest BCUT2D eigenvalue weighted by molar-refractivity contribution is 0.312. The number of hydrogen-bond acceptors (Lipinski definition) is 5. The number of likely N-dealkylation sites (N-methyl/N-ethyl adjacent to an activating group) is 1. The van der Waals surface area contributed by atoms with Crippen LogP contribution < -0.4 is 4.90 Å². The monoisotopic (exact) mass is 382 g/mol. The van der Waals surface area contributed by atoms with Crippen molar-refractivity contribution < 1.29 is 0 Å². The van der Waals surface area contributed by atoms with Crippen LogP contribution in [0.5, 0.6) is 0 Å². The van der Waals surface area contributed by atoms with Gasteiger partial charge >= 0.3 is 0 Å². The Hall–Kier alpha value is -2.18. The van der Waals surface area contributed by atoms with Crippen LogP contribution in [0.1, 0.15) is 12.8 Å². The molecule has 1 saturated heterocycles. The first-order chi connectivity index (χ1) is 13.2. The maximum atomic E-state index is 6.74. The molecule has 0 amide bonds. The van der Waals surface area contributed by atoms with Crippen LogP contribution >= 0.6 is 11.6 Å². The molecule has 0 bridgehead atoms. The number of rotatable bonds is 4. The zero-order valence-electron chi connectivity index (χ0n) is 15.5. The van der Waals surface area contributed by atoms with Crippen LogP contribution in [0.2, 0.25) is 5.02 Å². The average Bonchev–Trinajstić information content (AvgIpc) is 3.41. The van der Waals surface area contributed by atoms with E-state index in [1.165, 1.54) is 12.8 Å². The van der Waals surface area contributed by atoms with Crippen molar-refractivity contribution >= 4 is 28.5 Å². The smallest absolute Gasteiger partial charge is 0.132 e. The highest BCUT2D eigenvalue weighted by molar-refractivity contribution is 6.37. The first-order valence-electron chi connectivity index (χ1n) is 9.60. The molecule has 1 saturated carbocycles. The van der Waals surface area contributed by atoms with Crippen molar-refractivity contribution in [2.24, 2.45) is 5.92 Å². The van der Waals surface area contributed by atoms with Gasteiger partial charge in [0.2, 0.25) is 0 Å². The lowest BCUT2D eigenvalue weighted by atomic mass is 10.1. The molecule has 3 heterocycles. The molecule has 0 unspecified atom stereocenters. The molecule has 5 rings (SSSR count). The summed E-state index contributed by atoms with van der Waals surface area (Å²) in [6.07, 6.45) is 4.45. The average molecular weight is 383 g/mol. The minimum atomic E-state index is 0.671. The summed E-state index contributed by atoms with van der Waals surface area (Å²) in [6.45, 7) is 5.05. The SMILES string of the molecule is CN1CCN(c2cc(-c3ccc4c(nnn4CC4CC4)c3Cl)ccn2)CC1. The van der Waals surface area contributed by atoms with Crippen molar-refractivity contribution in [1.82, 2.24) is 24.9 Å². The van der Waals surface area contributed by atoms with E-state index in [1.807, 2.05) is 16.9 Å². The molecule has 6 nitrogen and oxygen atoms in total. The van der Waals surface area contributed by atoms with Gasteiger partial charge in [-0.2, -0.15) is 0 Å². The number of fused-ring (bicyclic) bond motifs is 1. The summed E-state index contributed by atoms with van der Waals surface area (Å²) in [4.78, 5) is 9.26. The predicted molar refractivity (Wildman–Crippen MR) is 108 cm³/mol. The molecule has 2 aromatic heterocycles. The molecule has 140 valence electrons. The van der Waals surface area contributed by atoms with Crippen molar-refractivity contribution in [2.45, 2.75) is 19.4 Å². The van der Waals surface area contributed by atoms with E-state index in [-0.39, 0.29) is 0 Å². The summed E-state index contributed by atoms with van der Waals surface area (Å²) in [5.41, 5.74) is 3.86. The molecule has 0 N–H and O–H groups in total. The van der Waals surface area contributed by atoms with Crippen molar-refractivity contribution in [3.05, 3.63) is 35.5 Å². The summed E-state index contributed by atoms with van der Waals surface area (Å²) in [6, 6.07) is 8.32. The molecule has 1 aliphatic heterocycles. The minimum Gasteiger partial charge on any atom is -0.354 e. The topological polar surface area (TPSA) is 50.1 Å². The van der Waals surface area contributed by atoms with E-state index in [1.54, 1.807) is 0 Å². The predicted octanol–water partition coefficient (Wildman–Crippen LogP) is 3.31. The zero-order valence-corrected chi connectivity index (χ0v) is 16.2. The first kappa shape index (κ1) is 17.0. The number of halogens is 1. The van der Waals surface area contributed by atoms with E-state index >= 15 is 0 Å². The van der Waals surface area contributed by atoms with E-state index < -0.39 is 0 Å². The van der Waals surface area contributed by atoms with Gasteiger partial charge in [0.25, 0.3) is 0 Å². The highest BCUT2D eigenvalue weighted by Crippen LogP contribution is 2.36. The van der Waals surface area contributed by atoms with Crippen LogP contribution in [0.25, 0.3) is 22.2 Å². The van der Waals surface area contributed by atoms with Gasteiger partial charge < -0.3 is 9.80 Å². The molecular formula is C20H23ClN6. The van der Waals surface area contributed by atoms with Gasteiger partial charge in [0.1, 0.15) is 11.3 Å². The van der Waals surface area contributed by atoms with Gasteiger partial charge in [-0.3, -0.25) is 0 Å². The summed E-state index contributed by atoms with van der Waals surface area (Å²) in [5.74, 6) is 1.76. The van der Waals surface area contributed by atoms with E-state index in [0.717, 1.165) is 66.6 Å². The summed E-state index contributed by atoms with van der Waals surface area (Å²) >= 11 is 6.74. The van der Waals surface area contributed by atoms with Gasteiger partial charge in [0, 0.05) is 44.5 Å². The fraction of sp³-hybridized carbons (Fsp3) is 0.450. The molecule has 0 radical (unpaired) electrons. The number of nitrogens with zero attached hydrogens (tertiary/aromatic N) is 6. The molecule has 2 aliphatic rings. The van der Waals surface area contributed by atoms with Crippen molar-refractivity contribution in [2.75, 3.05) is 38.1 Å². The van der Waals surface area contributed by atoms with Crippen LogP contribution in [0, 0.1) is 5.92 Å². The van der Waals surface area contributed by atoms with E-state index in [0.29, 0.717) is 5.02 Å². The Morgan fingerprint density at radius 2 is 1.93 bits per heavy atom. The molecule has 3 aromatic rings. The normalized spacial score (nSPS) is 18.4. The Morgan fingerprint density at radius 1 is 1.11 bits per heavy atom. The second-order valence-electron chi connectivity index (χ2n) is 7.70. The third-order valence-electron chi connectivity index (χ3n) is 5.64. The van der Waals surface area contributed by atoms with Crippen molar-refractivity contribution in [1.29, 1.82) is 0 Å². The first-order valence-corrected chi connectivity index (χ1v) is 9.98. The highest BCUT2D eigenvalue weighted by atomic mass is 35.5. The van der Waals surface area contributed by atoms with Crippen LogP contribution in [-0.4, -0.2) is 58.1 Å². The van der Waals surface area contributed by atoms with Gasteiger partial charge in [-0.15, -0.1) is 5.10 Å². The summed E-state index contributed by atoms with van der Waals surface area (Å²) in [7, 11) is 2.16. The minimum absolute atomic E-state index is 0.671. The lowest BCUT2D eigenvalue weighted by Crippen LogP contribution is -2.44. The summed E-state index contributed by atoms with van der Waals surface area (Å²) < 4.78 is 1.99. The highest BCUT2D eigenvalue weighted by Gasteiger charge is 2.24. The Balaban J connectivity index is 1.48. The van der Waals surface area contributed by atoms with Gasteiger partial charge in [0.05, 0.1) is 10.5 Å². The van der Waals surface area contributed by atoms with E-state index in [9.17, 15) is 0 Å². The Bertz CT molecular complexity index is 972. The fourth-order valence-electron chi connectivity index (χ4n) is 3.70. The molecular weight excluding hydrogens is 360 g/mol. The third-order valence-corrected chi connectivity index (χ3v) is 6.02. The van der Waals surface area contributed by atoms with Crippen LogP contribution in [0.3, 0.4) is 0 Å². The van der Waals surface area contributed by atoms with Crippen molar-refractivity contribution in [3.63, 3.8) is 0 Å². The largest absolute Gasteiger partial charge is 0.354 e. The van der Waals surface area contributed by atoms with Crippen LogP contribution in [0.4, 0.5) is 5.82 Å². The number of hydrogen-bond donors (Lipinski definition) is 0. The van der Waals surface area contributed by atoms with E-state index in [4.69, 9.17) is 11.6 Å². The molecule has 27 heavy (non-hydrogen) atoms.